The molecule has 2 amide bonds. The van der Waals surface area contributed by atoms with Crippen LogP contribution in [-0.2, 0) is 4.79 Å². The molecular weight excluding hydrogens is 378 g/mol. The molecule has 0 unspecified atom stereocenters. The van der Waals surface area contributed by atoms with Gasteiger partial charge in [-0.25, -0.2) is 0 Å². The van der Waals surface area contributed by atoms with Crippen LogP contribution in [0.4, 0.5) is 0 Å². The quantitative estimate of drug-likeness (QED) is 0.689. The third kappa shape index (κ3) is 4.53. The van der Waals surface area contributed by atoms with Crippen molar-refractivity contribution in [3.63, 3.8) is 0 Å². The van der Waals surface area contributed by atoms with Crippen molar-refractivity contribution in [2.24, 2.45) is 29.1 Å². The Kier molecular flexibility index (Phi) is 6.85. The summed E-state index contributed by atoms with van der Waals surface area (Å²) in [6.45, 7) is 10.2. The minimum absolute atomic E-state index is 0.00854. The van der Waals surface area contributed by atoms with Crippen LogP contribution in [0.3, 0.4) is 0 Å². The van der Waals surface area contributed by atoms with E-state index in [1.807, 2.05) is 26.8 Å². The van der Waals surface area contributed by atoms with Crippen molar-refractivity contribution < 1.29 is 14.7 Å². The van der Waals surface area contributed by atoms with E-state index >= 15 is 0 Å². The smallest absolute Gasteiger partial charge is 0.270 e. The van der Waals surface area contributed by atoms with Gasteiger partial charge in [-0.05, 0) is 74.8 Å². The number of carbonyl (C=O) groups is 2. The fraction of sp³-hybridized carbons (Fsp3) is 0.708. The minimum Gasteiger partial charge on any atom is -0.392 e. The molecule has 3 rings (SSSR count). The molecule has 0 aromatic carbocycles. The van der Waals surface area contributed by atoms with Crippen molar-refractivity contribution in [1.29, 1.82) is 0 Å². The molecule has 0 saturated heterocycles. The number of aliphatic hydroxyl groups is 1. The van der Waals surface area contributed by atoms with Crippen LogP contribution in [0.5, 0.6) is 0 Å². The zero-order valence-electron chi connectivity index (χ0n) is 18.9. The lowest BCUT2D eigenvalue weighted by molar-refractivity contribution is -0.142. The topological polar surface area (TPSA) is 91.3 Å². The van der Waals surface area contributed by atoms with Crippen LogP contribution in [0.1, 0.15) is 70.8 Å². The highest BCUT2D eigenvalue weighted by Crippen LogP contribution is 2.55. The van der Waals surface area contributed by atoms with E-state index in [0.717, 1.165) is 25.7 Å². The molecular formula is C24H37N3O3. The number of pyridine rings is 1. The summed E-state index contributed by atoms with van der Waals surface area (Å²) < 4.78 is 0. The van der Waals surface area contributed by atoms with Gasteiger partial charge in [0.05, 0.1) is 6.10 Å². The Bertz CT molecular complexity index is 753. The predicted octanol–water partition coefficient (Wildman–Crippen LogP) is 3.16. The molecule has 3 N–H and O–H groups in total. The zero-order chi connectivity index (χ0) is 22.1. The lowest BCUT2D eigenvalue weighted by atomic mass is 9.51. The minimum atomic E-state index is -0.554. The van der Waals surface area contributed by atoms with Crippen LogP contribution in [0.2, 0.25) is 0 Å². The zero-order valence-corrected chi connectivity index (χ0v) is 18.9. The monoisotopic (exact) mass is 415 g/mol. The normalized spacial score (nSPS) is 34.7. The fourth-order valence-corrected chi connectivity index (χ4v) is 5.85. The first-order valence-corrected chi connectivity index (χ1v) is 11.3. The van der Waals surface area contributed by atoms with Crippen LogP contribution in [0, 0.1) is 29.1 Å². The number of carbonyl (C=O) groups excluding carboxylic acids is 2. The van der Waals surface area contributed by atoms with E-state index in [2.05, 4.69) is 29.5 Å². The molecule has 2 fully saturated rings. The van der Waals surface area contributed by atoms with Crippen LogP contribution >= 0.6 is 0 Å². The fourth-order valence-electron chi connectivity index (χ4n) is 5.85. The molecule has 0 spiro atoms. The number of hydrogen-bond donors (Lipinski definition) is 3. The van der Waals surface area contributed by atoms with E-state index < -0.39 is 6.10 Å². The molecule has 30 heavy (non-hydrogen) atoms. The molecule has 6 nitrogen and oxygen atoms in total. The maximum absolute atomic E-state index is 12.7. The third-order valence-electron chi connectivity index (χ3n) is 7.59. The average molecular weight is 416 g/mol. The van der Waals surface area contributed by atoms with Gasteiger partial charge >= 0.3 is 0 Å². The molecule has 0 radical (unpaired) electrons. The van der Waals surface area contributed by atoms with Crippen molar-refractivity contribution in [2.45, 2.75) is 78.5 Å². The third-order valence-corrected chi connectivity index (χ3v) is 7.59. The highest BCUT2D eigenvalue weighted by molar-refractivity contribution is 5.92. The second-order valence-electron chi connectivity index (χ2n) is 10.0. The van der Waals surface area contributed by atoms with Gasteiger partial charge in [0.1, 0.15) is 5.69 Å². The predicted molar refractivity (Wildman–Crippen MR) is 117 cm³/mol. The summed E-state index contributed by atoms with van der Waals surface area (Å²) in [5.41, 5.74) is 0.453. The Labute approximate surface area is 180 Å². The van der Waals surface area contributed by atoms with Gasteiger partial charge in [-0.1, -0.05) is 26.8 Å². The Morgan fingerprint density at radius 3 is 2.53 bits per heavy atom. The van der Waals surface area contributed by atoms with Gasteiger partial charge in [0.2, 0.25) is 5.91 Å². The Balaban J connectivity index is 1.74. The molecule has 166 valence electrons. The van der Waals surface area contributed by atoms with Gasteiger partial charge in [0.25, 0.3) is 5.91 Å². The lowest BCUT2D eigenvalue weighted by Gasteiger charge is -2.56. The van der Waals surface area contributed by atoms with E-state index in [1.54, 1.807) is 18.3 Å². The first kappa shape index (κ1) is 22.7. The summed E-state index contributed by atoms with van der Waals surface area (Å²) in [6, 6.07) is 5.40. The standard InChI is InChI=1S/C24H37N3O3/c1-14(2)26-22(29)15(3)17-9-11-24(5)12-10-18(16(4)20(24)21(17)28)27-23(30)19-8-6-7-13-25-19/h6-8,13-18,20-21,28H,9-12H2,1-5H3,(H,26,29)(H,27,30)/t15-,16-,17+,18-,20+,21-,24+/m0/s1. The van der Waals surface area contributed by atoms with Crippen molar-refractivity contribution in [1.82, 2.24) is 15.6 Å². The molecule has 0 bridgehead atoms. The molecule has 0 aliphatic heterocycles. The highest BCUT2D eigenvalue weighted by atomic mass is 16.3. The average Bonchev–Trinajstić information content (AvgIpc) is 2.70. The molecule has 1 heterocycles. The van der Waals surface area contributed by atoms with Crippen LogP contribution < -0.4 is 10.6 Å². The first-order chi connectivity index (χ1) is 14.1. The maximum Gasteiger partial charge on any atom is 0.270 e. The Hall–Kier alpha value is -1.95. The maximum atomic E-state index is 12.7. The van der Waals surface area contributed by atoms with Crippen molar-refractivity contribution in [3.05, 3.63) is 30.1 Å². The van der Waals surface area contributed by atoms with Crippen molar-refractivity contribution in [3.8, 4) is 0 Å². The second kappa shape index (κ2) is 9.04. The van der Waals surface area contributed by atoms with E-state index in [1.165, 1.54) is 0 Å². The lowest BCUT2D eigenvalue weighted by Crippen LogP contribution is -2.58. The Morgan fingerprint density at radius 1 is 1.20 bits per heavy atom. The van der Waals surface area contributed by atoms with Crippen LogP contribution in [0.15, 0.2) is 24.4 Å². The largest absolute Gasteiger partial charge is 0.392 e. The summed E-state index contributed by atoms with van der Waals surface area (Å²) >= 11 is 0. The summed E-state index contributed by atoms with van der Waals surface area (Å²) in [6.07, 6.45) is 4.79. The summed E-state index contributed by atoms with van der Waals surface area (Å²) in [7, 11) is 0. The molecule has 1 aromatic heterocycles. The number of rotatable bonds is 5. The van der Waals surface area contributed by atoms with E-state index in [4.69, 9.17) is 0 Å². The molecule has 6 heteroatoms. The van der Waals surface area contributed by atoms with Crippen LogP contribution in [-0.4, -0.2) is 40.1 Å². The molecule has 1 aromatic rings. The number of aromatic nitrogens is 1. The number of nitrogens with zero attached hydrogens (tertiary/aromatic N) is 1. The number of nitrogens with one attached hydrogen (secondary N) is 2. The molecule has 2 aliphatic rings. The highest BCUT2D eigenvalue weighted by Gasteiger charge is 2.53. The van der Waals surface area contributed by atoms with Crippen molar-refractivity contribution in [2.75, 3.05) is 0 Å². The second-order valence-corrected chi connectivity index (χ2v) is 10.0. The number of hydrogen-bond acceptors (Lipinski definition) is 4. The number of amides is 2. The molecule has 2 saturated carbocycles. The van der Waals surface area contributed by atoms with Crippen molar-refractivity contribution >= 4 is 11.8 Å². The van der Waals surface area contributed by atoms with Gasteiger partial charge in [0, 0.05) is 24.2 Å². The molecule has 2 aliphatic carbocycles. The number of fused-ring (bicyclic) bond motifs is 1. The van der Waals surface area contributed by atoms with Gasteiger partial charge in [-0.15, -0.1) is 0 Å². The van der Waals surface area contributed by atoms with Crippen LogP contribution in [0.25, 0.3) is 0 Å². The first-order valence-electron chi connectivity index (χ1n) is 11.3. The van der Waals surface area contributed by atoms with Gasteiger partial charge < -0.3 is 15.7 Å². The Morgan fingerprint density at radius 2 is 1.90 bits per heavy atom. The summed E-state index contributed by atoms with van der Waals surface area (Å²) in [4.78, 5) is 29.4. The molecule has 7 atom stereocenters. The van der Waals surface area contributed by atoms with E-state index in [9.17, 15) is 14.7 Å². The number of aliphatic hydroxyl groups excluding tert-OH is 1. The van der Waals surface area contributed by atoms with E-state index in [0.29, 0.717) is 5.69 Å². The van der Waals surface area contributed by atoms with Gasteiger partial charge in [0.15, 0.2) is 0 Å². The van der Waals surface area contributed by atoms with Gasteiger partial charge in [-0.2, -0.15) is 0 Å². The van der Waals surface area contributed by atoms with E-state index in [-0.39, 0.29) is 53.0 Å². The SMILES string of the molecule is CC(C)NC(=O)[C@@H](C)[C@H]1CC[C@]2(C)CC[C@H](NC(=O)c3ccccn3)[C@H](C)[C@@H]2[C@H]1O. The van der Waals surface area contributed by atoms with Gasteiger partial charge in [-0.3, -0.25) is 14.6 Å². The summed E-state index contributed by atoms with van der Waals surface area (Å²) in [5, 5.41) is 17.6. The summed E-state index contributed by atoms with van der Waals surface area (Å²) in [5.74, 6) is -0.274.